The van der Waals surface area contributed by atoms with Crippen molar-refractivity contribution in [2.75, 3.05) is 19.7 Å². The van der Waals surface area contributed by atoms with Crippen LogP contribution in [0.1, 0.15) is 48.0 Å². The Hall–Kier alpha value is -3.79. The van der Waals surface area contributed by atoms with E-state index in [2.05, 4.69) is 13.0 Å². The van der Waals surface area contributed by atoms with Gasteiger partial charge in [-0.2, -0.15) is 5.10 Å². The number of aryl methyl sites for hydroxylation is 4. The molecule has 0 unspecified atom stereocenters. The second-order valence-corrected chi connectivity index (χ2v) is 11.0. The molecule has 39 heavy (non-hydrogen) atoms. The van der Waals surface area contributed by atoms with Crippen LogP contribution in [0.5, 0.6) is 0 Å². The Balaban J connectivity index is 1.47. The fourth-order valence-corrected chi connectivity index (χ4v) is 6.26. The zero-order valence-electron chi connectivity index (χ0n) is 23.0. The van der Waals surface area contributed by atoms with Gasteiger partial charge in [0.25, 0.3) is 5.56 Å². The van der Waals surface area contributed by atoms with Crippen molar-refractivity contribution in [3.63, 3.8) is 0 Å². The second-order valence-electron chi connectivity index (χ2n) is 10.2. The summed E-state index contributed by atoms with van der Waals surface area (Å²) in [6, 6.07) is 8.08. The van der Waals surface area contributed by atoms with Gasteiger partial charge in [0.2, 0.25) is 5.91 Å². The third kappa shape index (κ3) is 5.13. The van der Waals surface area contributed by atoms with Gasteiger partial charge in [-0.3, -0.25) is 18.8 Å². The van der Waals surface area contributed by atoms with Gasteiger partial charge in [-0.25, -0.2) is 9.67 Å². The quantitative estimate of drug-likeness (QED) is 0.336. The number of hydrogen-bond donors (Lipinski definition) is 0. The van der Waals surface area contributed by atoms with Crippen LogP contribution in [0.4, 0.5) is 0 Å². The fourth-order valence-electron chi connectivity index (χ4n) is 5.33. The fraction of sp³-hybridized carbons (Fsp3) is 0.414. The molecule has 0 bridgehead atoms. The molecule has 0 spiro atoms. The molecule has 1 saturated heterocycles. The van der Waals surface area contributed by atoms with Gasteiger partial charge in [0.15, 0.2) is 4.96 Å². The highest BCUT2D eigenvalue weighted by Crippen LogP contribution is 2.25. The van der Waals surface area contributed by atoms with Gasteiger partial charge in [-0.1, -0.05) is 17.7 Å². The maximum atomic E-state index is 13.9. The molecular formula is C29H33N5O4S. The Morgan fingerprint density at radius 3 is 2.69 bits per heavy atom. The molecule has 1 amide bonds. The number of fused-ring (bicyclic) bond motifs is 1. The minimum absolute atomic E-state index is 0.0513. The van der Waals surface area contributed by atoms with Crippen LogP contribution in [0.25, 0.3) is 21.9 Å². The van der Waals surface area contributed by atoms with E-state index >= 15 is 0 Å². The minimum atomic E-state index is -0.309. The van der Waals surface area contributed by atoms with Crippen LogP contribution < -0.4 is 5.56 Å². The predicted octanol–water partition coefficient (Wildman–Crippen LogP) is 4.19. The summed E-state index contributed by atoms with van der Waals surface area (Å²) in [7, 11) is 0. The van der Waals surface area contributed by atoms with E-state index in [1.807, 2.05) is 49.0 Å². The predicted molar refractivity (Wildman–Crippen MR) is 150 cm³/mol. The Kier molecular flexibility index (Phi) is 7.40. The highest BCUT2D eigenvalue weighted by molar-refractivity contribution is 7.15. The summed E-state index contributed by atoms with van der Waals surface area (Å²) < 4.78 is 8.55. The molecule has 1 atom stereocenters. The number of amides is 1. The number of nitrogens with zero attached hydrogens (tertiary/aromatic N) is 5. The van der Waals surface area contributed by atoms with Crippen LogP contribution in [0.2, 0.25) is 0 Å². The molecule has 9 nitrogen and oxygen atoms in total. The number of hydrogen-bond acceptors (Lipinski definition) is 7. The maximum Gasteiger partial charge on any atom is 0.310 e. The van der Waals surface area contributed by atoms with Crippen molar-refractivity contribution < 1.29 is 14.3 Å². The number of carbonyl (C=O) groups is 2. The van der Waals surface area contributed by atoms with Gasteiger partial charge in [0.1, 0.15) is 5.69 Å². The first-order chi connectivity index (χ1) is 18.7. The molecule has 204 valence electrons. The lowest BCUT2D eigenvalue weighted by Crippen LogP contribution is -2.43. The van der Waals surface area contributed by atoms with E-state index in [-0.39, 0.29) is 29.8 Å². The van der Waals surface area contributed by atoms with Crippen LogP contribution in [-0.4, -0.2) is 55.6 Å². The van der Waals surface area contributed by atoms with Crippen molar-refractivity contribution in [1.29, 1.82) is 0 Å². The van der Waals surface area contributed by atoms with E-state index in [0.29, 0.717) is 53.7 Å². The average molecular weight is 548 g/mol. The van der Waals surface area contributed by atoms with E-state index in [4.69, 9.17) is 14.8 Å². The monoisotopic (exact) mass is 547 g/mol. The molecule has 10 heteroatoms. The van der Waals surface area contributed by atoms with Gasteiger partial charge >= 0.3 is 5.97 Å². The summed E-state index contributed by atoms with van der Waals surface area (Å²) in [6.45, 7) is 10.9. The summed E-state index contributed by atoms with van der Waals surface area (Å²) in [5.41, 5.74) is 6.04. The summed E-state index contributed by atoms with van der Waals surface area (Å²) in [6.07, 6.45) is 1.51. The Morgan fingerprint density at radius 2 is 1.95 bits per heavy atom. The number of esters is 1. The highest BCUT2D eigenvalue weighted by atomic mass is 32.1. The molecule has 5 rings (SSSR count). The van der Waals surface area contributed by atoms with E-state index in [0.717, 1.165) is 23.4 Å². The van der Waals surface area contributed by atoms with Crippen molar-refractivity contribution in [2.45, 2.75) is 53.9 Å². The third-order valence-electron chi connectivity index (χ3n) is 7.27. The lowest BCUT2D eigenvalue weighted by Gasteiger charge is -2.31. The first-order valence-electron chi connectivity index (χ1n) is 13.3. The van der Waals surface area contributed by atoms with Gasteiger partial charge in [-0.05, 0) is 65.2 Å². The van der Waals surface area contributed by atoms with E-state index < -0.39 is 0 Å². The number of likely N-dealkylation sites (tertiary alicyclic amines) is 1. The van der Waals surface area contributed by atoms with Crippen LogP contribution >= 0.6 is 11.3 Å². The first-order valence-corrected chi connectivity index (χ1v) is 14.1. The molecule has 1 aliphatic heterocycles. The molecule has 0 radical (unpaired) electrons. The van der Waals surface area contributed by atoms with Crippen LogP contribution in [-0.2, 0) is 20.7 Å². The molecule has 4 heterocycles. The molecule has 1 aromatic carbocycles. The van der Waals surface area contributed by atoms with Crippen molar-refractivity contribution in [3.05, 3.63) is 68.2 Å². The molecular weight excluding hydrogens is 514 g/mol. The van der Waals surface area contributed by atoms with Crippen LogP contribution in [0.15, 0.2) is 34.4 Å². The van der Waals surface area contributed by atoms with E-state index in [1.165, 1.54) is 21.3 Å². The van der Waals surface area contributed by atoms with Gasteiger partial charge in [-0.15, -0.1) is 11.3 Å². The number of carbonyl (C=O) groups excluding carboxylic acids is 2. The maximum absolute atomic E-state index is 13.9. The number of thiazole rings is 1. The smallest absolute Gasteiger partial charge is 0.310 e. The topological polar surface area (TPSA) is 98.8 Å². The van der Waals surface area contributed by atoms with Crippen LogP contribution in [0.3, 0.4) is 0 Å². The highest BCUT2D eigenvalue weighted by Gasteiger charge is 2.30. The van der Waals surface area contributed by atoms with Gasteiger partial charge in [0.05, 0.1) is 35.9 Å². The Bertz CT molecular complexity index is 1630. The standard InChI is InChI=1S/C29H33N5O4S/c1-6-38-28(37)21-8-7-11-32(15-21)25(35)14-22-16-39-29-30-20(5)26(27(36)33(22)29)23-13-19(4)34(31-23)24-10-9-17(2)12-18(24)3/h9-10,12-13,16,21H,6-8,11,14-15H2,1-5H3/t21-/m1/s1. The summed E-state index contributed by atoms with van der Waals surface area (Å²) in [5, 5.41) is 6.62. The molecule has 4 aromatic rings. The lowest BCUT2D eigenvalue weighted by atomic mass is 9.98. The van der Waals surface area contributed by atoms with Gasteiger partial charge < -0.3 is 9.64 Å². The summed E-state index contributed by atoms with van der Waals surface area (Å²) in [4.78, 5) is 46.3. The van der Waals surface area contributed by atoms with Crippen molar-refractivity contribution >= 4 is 28.2 Å². The normalized spacial score (nSPS) is 15.6. The molecule has 1 aliphatic rings. The summed E-state index contributed by atoms with van der Waals surface area (Å²) in [5.74, 6) is -0.684. The summed E-state index contributed by atoms with van der Waals surface area (Å²) >= 11 is 1.34. The molecule has 0 saturated carbocycles. The molecule has 3 aromatic heterocycles. The number of ether oxygens (including phenoxy) is 1. The first kappa shape index (κ1) is 26.8. The average Bonchev–Trinajstić information content (AvgIpc) is 3.47. The molecule has 1 fully saturated rings. The SMILES string of the molecule is CCOC(=O)[C@@H]1CCCN(C(=O)Cc2csc3nc(C)c(-c4cc(C)n(-c5ccc(C)cc5C)n4)c(=O)n23)C1. The zero-order chi connectivity index (χ0) is 27.8. The minimum Gasteiger partial charge on any atom is -0.466 e. The van der Waals surface area contributed by atoms with Gasteiger partial charge in [0, 0.05) is 29.9 Å². The van der Waals surface area contributed by atoms with E-state index in [9.17, 15) is 14.4 Å². The third-order valence-corrected chi connectivity index (χ3v) is 8.15. The molecule has 0 N–H and O–H groups in total. The van der Waals surface area contributed by atoms with Crippen LogP contribution in [0, 0.1) is 33.6 Å². The lowest BCUT2D eigenvalue weighted by molar-refractivity contribution is -0.151. The Morgan fingerprint density at radius 1 is 1.15 bits per heavy atom. The Labute approximate surface area is 231 Å². The number of benzene rings is 1. The number of aromatic nitrogens is 4. The van der Waals surface area contributed by atoms with Crippen molar-refractivity contribution in [2.24, 2.45) is 5.92 Å². The second kappa shape index (κ2) is 10.8. The van der Waals surface area contributed by atoms with Crippen molar-refractivity contribution in [3.8, 4) is 16.9 Å². The largest absolute Gasteiger partial charge is 0.466 e. The molecule has 0 aliphatic carbocycles. The van der Waals surface area contributed by atoms with Crippen molar-refractivity contribution in [1.82, 2.24) is 24.1 Å². The zero-order valence-corrected chi connectivity index (χ0v) is 23.8. The van der Waals surface area contributed by atoms with E-state index in [1.54, 1.807) is 11.8 Å². The number of piperidine rings is 1. The number of rotatable bonds is 6.